The van der Waals surface area contributed by atoms with Gasteiger partial charge in [0, 0.05) is 13.0 Å². The molecule has 3 aromatic rings. The fourth-order valence-corrected chi connectivity index (χ4v) is 2.96. The van der Waals surface area contributed by atoms with E-state index in [0.29, 0.717) is 13.0 Å². The average molecular weight is 331 g/mol. The maximum atomic E-state index is 11.8. The van der Waals surface area contributed by atoms with E-state index < -0.39 is 0 Å². The van der Waals surface area contributed by atoms with Gasteiger partial charge >= 0.3 is 0 Å². The first kappa shape index (κ1) is 15.4. The number of fused-ring (bicyclic) bond motifs is 1. The molecule has 0 unspecified atom stereocenters. The summed E-state index contributed by atoms with van der Waals surface area (Å²) in [5.41, 5.74) is 1.01. The standard InChI is InChI=1S/C15H17N5O2S/c1-10-5-3-4-6-12(10)22-9-13(21)16-8-7-14-19-20-11(2)17-18-15(20)23-14/h3-6H,7-9H2,1-2H3,(H,16,21). The Kier molecular flexibility index (Phi) is 4.52. The molecule has 1 aromatic carbocycles. The molecular formula is C15H17N5O2S. The van der Waals surface area contributed by atoms with Crippen molar-refractivity contribution in [2.75, 3.05) is 13.2 Å². The zero-order valence-corrected chi connectivity index (χ0v) is 13.8. The number of hydrogen-bond acceptors (Lipinski definition) is 6. The number of para-hydroxylation sites is 1. The van der Waals surface area contributed by atoms with Crippen molar-refractivity contribution in [3.8, 4) is 5.75 Å². The van der Waals surface area contributed by atoms with Gasteiger partial charge in [0.1, 0.15) is 10.8 Å². The summed E-state index contributed by atoms with van der Waals surface area (Å²) < 4.78 is 7.22. The summed E-state index contributed by atoms with van der Waals surface area (Å²) in [5, 5.41) is 16.1. The molecule has 0 saturated heterocycles. The maximum absolute atomic E-state index is 11.8. The Morgan fingerprint density at radius 2 is 2.13 bits per heavy atom. The second-order valence-corrected chi connectivity index (χ2v) is 6.13. The molecule has 120 valence electrons. The molecule has 0 spiro atoms. The lowest BCUT2D eigenvalue weighted by Crippen LogP contribution is -2.30. The van der Waals surface area contributed by atoms with Crippen LogP contribution in [0, 0.1) is 13.8 Å². The minimum Gasteiger partial charge on any atom is -0.484 e. The first-order valence-electron chi connectivity index (χ1n) is 7.26. The summed E-state index contributed by atoms with van der Waals surface area (Å²) in [6.45, 7) is 4.32. The Labute approximate surface area is 137 Å². The van der Waals surface area contributed by atoms with Gasteiger partial charge in [-0.15, -0.1) is 10.2 Å². The number of aromatic nitrogens is 4. The van der Waals surface area contributed by atoms with Gasteiger partial charge in [-0.3, -0.25) is 4.79 Å². The average Bonchev–Trinajstić information content (AvgIpc) is 3.09. The third kappa shape index (κ3) is 3.65. The molecule has 2 heterocycles. The first-order chi connectivity index (χ1) is 11.1. The number of nitrogens with one attached hydrogen (secondary N) is 1. The number of carbonyl (C=O) groups is 1. The van der Waals surface area contributed by atoms with Crippen molar-refractivity contribution in [3.05, 3.63) is 40.7 Å². The molecule has 23 heavy (non-hydrogen) atoms. The van der Waals surface area contributed by atoms with E-state index in [-0.39, 0.29) is 12.5 Å². The van der Waals surface area contributed by atoms with Crippen LogP contribution in [0.4, 0.5) is 0 Å². The lowest BCUT2D eigenvalue weighted by Gasteiger charge is -2.08. The lowest BCUT2D eigenvalue weighted by atomic mass is 10.2. The Bertz CT molecular complexity index is 826. The van der Waals surface area contributed by atoms with Crippen LogP contribution in [0.2, 0.25) is 0 Å². The van der Waals surface area contributed by atoms with E-state index >= 15 is 0 Å². The van der Waals surface area contributed by atoms with Crippen LogP contribution in [0.5, 0.6) is 5.75 Å². The maximum Gasteiger partial charge on any atom is 0.257 e. The van der Waals surface area contributed by atoms with E-state index in [1.165, 1.54) is 11.3 Å². The zero-order valence-electron chi connectivity index (χ0n) is 12.9. The van der Waals surface area contributed by atoms with E-state index in [0.717, 1.165) is 27.1 Å². The SMILES string of the molecule is Cc1ccccc1OCC(=O)NCCc1nn2c(C)nnc2s1. The van der Waals surface area contributed by atoms with Gasteiger partial charge in [0.05, 0.1) is 0 Å². The summed E-state index contributed by atoms with van der Waals surface area (Å²) in [6, 6.07) is 7.62. The Balaban J connectivity index is 1.45. The van der Waals surface area contributed by atoms with Crippen molar-refractivity contribution in [2.24, 2.45) is 0 Å². The highest BCUT2D eigenvalue weighted by molar-refractivity contribution is 7.16. The van der Waals surface area contributed by atoms with Crippen molar-refractivity contribution < 1.29 is 9.53 Å². The monoisotopic (exact) mass is 331 g/mol. The molecular weight excluding hydrogens is 314 g/mol. The van der Waals surface area contributed by atoms with E-state index in [4.69, 9.17) is 4.74 Å². The van der Waals surface area contributed by atoms with Gasteiger partial charge in [0.2, 0.25) is 4.96 Å². The summed E-state index contributed by atoms with van der Waals surface area (Å²) in [5.74, 6) is 1.34. The number of rotatable bonds is 6. The molecule has 1 amide bonds. The smallest absolute Gasteiger partial charge is 0.257 e. The number of benzene rings is 1. The van der Waals surface area contributed by atoms with Crippen LogP contribution in [0.3, 0.4) is 0 Å². The van der Waals surface area contributed by atoms with E-state index in [2.05, 4.69) is 20.6 Å². The molecule has 3 rings (SSSR count). The molecule has 1 N–H and O–H groups in total. The summed E-state index contributed by atoms with van der Waals surface area (Å²) >= 11 is 1.48. The number of aryl methyl sites for hydroxylation is 2. The first-order valence-corrected chi connectivity index (χ1v) is 8.08. The predicted octanol–water partition coefficient (Wildman–Crippen LogP) is 1.54. The van der Waals surface area contributed by atoms with Crippen LogP contribution in [0.15, 0.2) is 24.3 Å². The number of carbonyl (C=O) groups excluding carboxylic acids is 1. The molecule has 7 nitrogen and oxygen atoms in total. The predicted molar refractivity (Wildman–Crippen MR) is 86.8 cm³/mol. The van der Waals surface area contributed by atoms with Gasteiger partial charge < -0.3 is 10.1 Å². The van der Waals surface area contributed by atoms with Crippen LogP contribution in [0.25, 0.3) is 4.96 Å². The third-order valence-electron chi connectivity index (χ3n) is 3.30. The quantitative estimate of drug-likeness (QED) is 0.741. The molecule has 0 saturated carbocycles. The number of nitrogens with zero attached hydrogens (tertiary/aromatic N) is 4. The zero-order chi connectivity index (χ0) is 16.2. The molecule has 0 bridgehead atoms. The Hall–Kier alpha value is -2.48. The normalized spacial score (nSPS) is 10.9. The number of ether oxygens (including phenoxy) is 1. The van der Waals surface area contributed by atoms with Crippen molar-refractivity contribution in [1.29, 1.82) is 0 Å². The fourth-order valence-electron chi connectivity index (χ4n) is 2.08. The van der Waals surface area contributed by atoms with E-state index in [1.54, 1.807) is 4.52 Å². The second kappa shape index (κ2) is 6.74. The minimum absolute atomic E-state index is 0.00900. The molecule has 0 fully saturated rings. The molecule has 0 atom stereocenters. The highest BCUT2D eigenvalue weighted by Gasteiger charge is 2.09. The topological polar surface area (TPSA) is 81.4 Å². The Morgan fingerprint density at radius 3 is 2.91 bits per heavy atom. The van der Waals surface area contributed by atoms with Crippen LogP contribution in [-0.2, 0) is 11.2 Å². The van der Waals surface area contributed by atoms with Gasteiger partial charge in [-0.2, -0.15) is 9.61 Å². The molecule has 0 aliphatic rings. The fraction of sp³-hybridized carbons (Fsp3) is 0.333. The van der Waals surface area contributed by atoms with Crippen LogP contribution < -0.4 is 10.1 Å². The van der Waals surface area contributed by atoms with E-state index in [1.807, 2.05) is 38.1 Å². The molecule has 0 radical (unpaired) electrons. The van der Waals surface area contributed by atoms with Crippen molar-refractivity contribution in [2.45, 2.75) is 20.3 Å². The number of amides is 1. The van der Waals surface area contributed by atoms with Gasteiger partial charge in [-0.1, -0.05) is 29.5 Å². The number of hydrogen-bond donors (Lipinski definition) is 1. The van der Waals surface area contributed by atoms with Crippen LogP contribution >= 0.6 is 11.3 Å². The van der Waals surface area contributed by atoms with Gasteiger partial charge in [0.15, 0.2) is 12.4 Å². The summed E-state index contributed by atoms with van der Waals surface area (Å²) in [7, 11) is 0. The molecule has 0 aliphatic carbocycles. The third-order valence-corrected chi connectivity index (χ3v) is 4.26. The minimum atomic E-state index is -0.146. The van der Waals surface area contributed by atoms with E-state index in [9.17, 15) is 4.79 Å². The highest BCUT2D eigenvalue weighted by atomic mass is 32.1. The van der Waals surface area contributed by atoms with Crippen LogP contribution in [0.1, 0.15) is 16.4 Å². The highest BCUT2D eigenvalue weighted by Crippen LogP contribution is 2.16. The lowest BCUT2D eigenvalue weighted by molar-refractivity contribution is -0.123. The molecule has 0 aliphatic heterocycles. The van der Waals surface area contributed by atoms with Crippen LogP contribution in [-0.4, -0.2) is 38.9 Å². The molecule has 2 aromatic heterocycles. The van der Waals surface area contributed by atoms with Crippen molar-refractivity contribution >= 4 is 22.2 Å². The van der Waals surface area contributed by atoms with Gasteiger partial charge in [0.25, 0.3) is 5.91 Å². The Morgan fingerprint density at radius 1 is 1.30 bits per heavy atom. The second-order valence-electron chi connectivity index (χ2n) is 5.09. The van der Waals surface area contributed by atoms with Crippen molar-refractivity contribution in [3.63, 3.8) is 0 Å². The van der Waals surface area contributed by atoms with Gasteiger partial charge in [-0.25, -0.2) is 0 Å². The van der Waals surface area contributed by atoms with Gasteiger partial charge in [-0.05, 0) is 25.5 Å². The van der Waals surface area contributed by atoms with Crippen molar-refractivity contribution in [1.82, 2.24) is 25.1 Å². The summed E-state index contributed by atoms with van der Waals surface area (Å²) in [4.78, 5) is 12.6. The molecule has 8 heteroatoms. The summed E-state index contributed by atoms with van der Waals surface area (Å²) in [6.07, 6.45) is 0.656. The largest absolute Gasteiger partial charge is 0.484 e.